The average molecular weight is 287 g/mol. The van der Waals surface area contributed by atoms with E-state index in [4.69, 9.17) is 4.74 Å². The second-order valence-electron chi connectivity index (χ2n) is 6.54. The summed E-state index contributed by atoms with van der Waals surface area (Å²) in [7, 11) is 2.21. The van der Waals surface area contributed by atoms with E-state index in [9.17, 15) is 4.79 Å². The zero-order valence-corrected chi connectivity index (χ0v) is 13.0. The Balaban J connectivity index is 2.03. The molecule has 1 heterocycles. The monoisotopic (exact) mass is 287 g/mol. The van der Waals surface area contributed by atoms with Crippen LogP contribution in [0.4, 0.5) is 0 Å². The van der Waals surface area contributed by atoms with Crippen molar-refractivity contribution in [3.05, 3.63) is 35.9 Å². The van der Waals surface area contributed by atoms with Gasteiger partial charge in [-0.3, -0.25) is 4.79 Å². The lowest BCUT2D eigenvalue weighted by atomic mass is 9.66. The first kappa shape index (κ1) is 14.6. The van der Waals surface area contributed by atoms with Crippen molar-refractivity contribution in [3.8, 4) is 0 Å². The summed E-state index contributed by atoms with van der Waals surface area (Å²) in [4.78, 5) is 14.3. The molecule has 1 saturated carbocycles. The molecule has 3 atom stereocenters. The van der Waals surface area contributed by atoms with Crippen molar-refractivity contribution >= 4 is 5.97 Å². The molecule has 2 aliphatic rings. The van der Waals surface area contributed by atoms with Crippen molar-refractivity contribution in [2.75, 3.05) is 13.6 Å². The minimum Gasteiger partial charge on any atom is -0.454 e. The second kappa shape index (κ2) is 5.80. The smallest absolute Gasteiger partial charge is 0.303 e. The predicted molar refractivity (Wildman–Crippen MR) is 82.9 cm³/mol. The van der Waals surface area contributed by atoms with Gasteiger partial charge in [-0.25, -0.2) is 0 Å². The fourth-order valence-electron chi connectivity index (χ4n) is 4.40. The van der Waals surface area contributed by atoms with Gasteiger partial charge < -0.3 is 9.64 Å². The molecule has 21 heavy (non-hydrogen) atoms. The molecule has 3 nitrogen and oxygen atoms in total. The van der Waals surface area contributed by atoms with Gasteiger partial charge in [0.2, 0.25) is 0 Å². The highest BCUT2D eigenvalue weighted by molar-refractivity contribution is 5.67. The average Bonchev–Trinajstić information content (AvgIpc) is 2.51. The van der Waals surface area contributed by atoms with E-state index in [1.165, 1.54) is 24.8 Å². The van der Waals surface area contributed by atoms with E-state index in [-0.39, 0.29) is 5.97 Å². The number of ether oxygens (including phenoxy) is 1. The molecule has 1 aromatic rings. The Hall–Kier alpha value is -1.35. The number of esters is 1. The van der Waals surface area contributed by atoms with Crippen LogP contribution in [0.1, 0.15) is 44.6 Å². The predicted octanol–water partition coefficient (Wildman–Crippen LogP) is 3.34. The molecule has 3 rings (SSSR count). The Morgan fingerprint density at radius 1 is 1.24 bits per heavy atom. The van der Waals surface area contributed by atoms with Crippen molar-refractivity contribution in [1.82, 2.24) is 4.90 Å². The lowest BCUT2D eigenvalue weighted by molar-refractivity contribution is -0.182. The summed E-state index contributed by atoms with van der Waals surface area (Å²) in [5, 5.41) is 0. The van der Waals surface area contributed by atoms with Crippen LogP contribution >= 0.6 is 0 Å². The summed E-state index contributed by atoms with van der Waals surface area (Å²) in [6.45, 7) is 2.53. The third kappa shape index (κ3) is 2.59. The van der Waals surface area contributed by atoms with Gasteiger partial charge in [0, 0.05) is 31.8 Å². The number of nitrogens with zero attached hydrogens (tertiary/aromatic N) is 1. The van der Waals surface area contributed by atoms with Gasteiger partial charge in [-0.15, -0.1) is 0 Å². The summed E-state index contributed by atoms with van der Waals surface area (Å²) in [6, 6.07) is 10.9. The molecule has 0 N–H and O–H groups in total. The minimum absolute atomic E-state index is 0.160. The number of likely N-dealkylation sites (tertiary alicyclic amines) is 1. The molecular weight excluding hydrogens is 262 g/mol. The number of benzene rings is 1. The van der Waals surface area contributed by atoms with Crippen LogP contribution in [0.5, 0.6) is 0 Å². The molecule has 0 spiro atoms. The van der Waals surface area contributed by atoms with Crippen molar-refractivity contribution in [1.29, 1.82) is 0 Å². The van der Waals surface area contributed by atoms with Crippen LogP contribution in [-0.2, 0) is 15.1 Å². The number of hydrogen-bond donors (Lipinski definition) is 0. The number of fused-ring (bicyclic) bond motifs is 1. The van der Waals surface area contributed by atoms with Crippen LogP contribution in [0.15, 0.2) is 30.3 Å². The Kier molecular flexibility index (Phi) is 4.03. The SMILES string of the molecule is CC(=O)O[C@]1(c2ccccc2)CCN(C)[C@H]2CCCC[C@H]21. The van der Waals surface area contributed by atoms with E-state index in [1.807, 2.05) is 6.07 Å². The molecule has 1 aliphatic heterocycles. The molecule has 0 bridgehead atoms. The zero-order chi connectivity index (χ0) is 14.9. The molecule has 0 amide bonds. The number of carbonyl (C=O) groups is 1. The fourth-order valence-corrected chi connectivity index (χ4v) is 4.40. The molecule has 1 aromatic carbocycles. The van der Waals surface area contributed by atoms with Gasteiger partial charge in [-0.1, -0.05) is 43.2 Å². The quantitative estimate of drug-likeness (QED) is 0.781. The number of piperidine rings is 1. The van der Waals surface area contributed by atoms with Crippen LogP contribution in [-0.4, -0.2) is 30.5 Å². The van der Waals surface area contributed by atoms with Crippen molar-refractivity contribution < 1.29 is 9.53 Å². The summed E-state index contributed by atoms with van der Waals surface area (Å²) >= 11 is 0. The first-order valence-electron chi connectivity index (χ1n) is 8.09. The summed E-state index contributed by atoms with van der Waals surface area (Å²) < 4.78 is 6.02. The molecule has 1 aliphatic carbocycles. The standard InChI is InChI=1S/C18H25NO2/c1-14(20)21-18(15-8-4-3-5-9-15)12-13-19(2)17-11-7-6-10-16(17)18/h3-5,8-9,16-17H,6-7,10-13H2,1-2H3/t16-,17+,18+/m1/s1. The second-order valence-corrected chi connectivity index (χ2v) is 6.54. The van der Waals surface area contributed by atoms with Crippen LogP contribution in [0.2, 0.25) is 0 Å². The summed E-state index contributed by atoms with van der Waals surface area (Å²) in [5.74, 6) is 0.254. The van der Waals surface area contributed by atoms with Crippen LogP contribution < -0.4 is 0 Å². The minimum atomic E-state index is -0.426. The zero-order valence-electron chi connectivity index (χ0n) is 13.0. The van der Waals surface area contributed by atoms with Crippen LogP contribution in [0.25, 0.3) is 0 Å². The summed E-state index contributed by atoms with van der Waals surface area (Å²) in [5.41, 5.74) is 0.746. The van der Waals surface area contributed by atoms with Crippen LogP contribution in [0.3, 0.4) is 0 Å². The largest absolute Gasteiger partial charge is 0.454 e. The lowest BCUT2D eigenvalue weighted by Crippen LogP contribution is -2.57. The van der Waals surface area contributed by atoms with Crippen LogP contribution in [0, 0.1) is 5.92 Å². The van der Waals surface area contributed by atoms with Gasteiger partial charge in [-0.2, -0.15) is 0 Å². The van der Waals surface area contributed by atoms with Gasteiger partial charge >= 0.3 is 5.97 Å². The van der Waals surface area contributed by atoms with E-state index in [0.29, 0.717) is 12.0 Å². The number of carbonyl (C=O) groups excluding carboxylic acids is 1. The number of rotatable bonds is 2. The van der Waals surface area contributed by atoms with Crippen molar-refractivity contribution in [3.63, 3.8) is 0 Å². The molecule has 114 valence electrons. The van der Waals surface area contributed by atoms with Gasteiger partial charge in [0.15, 0.2) is 0 Å². The molecular formula is C18H25NO2. The topological polar surface area (TPSA) is 29.5 Å². The van der Waals surface area contributed by atoms with E-state index in [1.54, 1.807) is 6.92 Å². The fraction of sp³-hybridized carbons (Fsp3) is 0.611. The molecule has 3 heteroatoms. The maximum Gasteiger partial charge on any atom is 0.303 e. The summed E-state index contributed by atoms with van der Waals surface area (Å²) in [6.07, 6.45) is 5.80. The molecule has 1 saturated heterocycles. The third-order valence-corrected chi connectivity index (χ3v) is 5.32. The first-order chi connectivity index (χ1) is 10.1. The van der Waals surface area contributed by atoms with Gasteiger partial charge in [-0.05, 0) is 25.5 Å². The maximum atomic E-state index is 11.8. The first-order valence-corrected chi connectivity index (χ1v) is 8.09. The Morgan fingerprint density at radius 2 is 1.95 bits per heavy atom. The van der Waals surface area contributed by atoms with E-state index >= 15 is 0 Å². The molecule has 0 aromatic heterocycles. The van der Waals surface area contributed by atoms with E-state index in [0.717, 1.165) is 19.4 Å². The van der Waals surface area contributed by atoms with E-state index < -0.39 is 5.60 Å². The third-order valence-electron chi connectivity index (χ3n) is 5.32. The maximum absolute atomic E-state index is 11.8. The Bertz CT molecular complexity index is 501. The Labute approximate surface area is 127 Å². The normalized spacial score (nSPS) is 33.2. The molecule has 0 unspecified atom stereocenters. The molecule has 2 fully saturated rings. The number of hydrogen-bond acceptors (Lipinski definition) is 3. The van der Waals surface area contributed by atoms with Crippen molar-refractivity contribution in [2.45, 2.75) is 50.7 Å². The Morgan fingerprint density at radius 3 is 2.67 bits per heavy atom. The lowest BCUT2D eigenvalue weighted by Gasteiger charge is -2.53. The highest BCUT2D eigenvalue weighted by Crippen LogP contribution is 2.48. The highest BCUT2D eigenvalue weighted by atomic mass is 16.6. The highest BCUT2D eigenvalue weighted by Gasteiger charge is 2.51. The molecule has 0 radical (unpaired) electrons. The van der Waals surface area contributed by atoms with Crippen molar-refractivity contribution in [2.24, 2.45) is 5.92 Å². The van der Waals surface area contributed by atoms with Gasteiger partial charge in [0.25, 0.3) is 0 Å². The van der Waals surface area contributed by atoms with Gasteiger partial charge in [0.1, 0.15) is 5.60 Å². The van der Waals surface area contributed by atoms with Gasteiger partial charge in [0.05, 0.1) is 0 Å². The van der Waals surface area contributed by atoms with E-state index in [2.05, 4.69) is 36.2 Å².